The van der Waals surface area contributed by atoms with Crippen LogP contribution in [0.25, 0.3) is 21.8 Å². The molecule has 0 fully saturated rings. The van der Waals surface area contributed by atoms with Crippen molar-refractivity contribution in [3.05, 3.63) is 152 Å². The Kier molecular flexibility index (Phi) is 29.6. The first-order valence-corrected chi connectivity index (χ1v) is 24.4. The number of carbonyl (C=O) groups is 4. The van der Waals surface area contributed by atoms with Crippen LogP contribution in [0.3, 0.4) is 0 Å². The van der Waals surface area contributed by atoms with Gasteiger partial charge in [0.2, 0.25) is 11.1 Å². The molecule has 0 saturated heterocycles. The largest absolute Gasteiger partial charge is 1.00 e. The molecule has 2 aromatic carbocycles. The predicted molar refractivity (Wildman–Crippen MR) is 263 cm³/mol. The number of halogens is 24. The summed E-state index contributed by atoms with van der Waals surface area (Å²) in [7, 11) is 0. The molecule has 0 atom stereocenters. The van der Waals surface area contributed by atoms with Crippen molar-refractivity contribution >= 4 is 56.6 Å². The zero-order chi connectivity index (χ0) is 74.3. The molecule has 2 aliphatic heterocycles. The second-order valence-corrected chi connectivity index (χ2v) is 20.3. The molecule has 4 aromatic rings. The molecule has 4 heterocycles. The molecule has 0 amide bonds. The van der Waals surface area contributed by atoms with E-state index in [1.807, 2.05) is 48.5 Å². The molecule has 0 radical (unpaired) electrons. The van der Waals surface area contributed by atoms with Crippen LogP contribution in [0.2, 0.25) is 0 Å². The van der Waals surface area contributed by atoms with Crippen molar-refractivity contribution < 1.29 is 198 Å². The van der Waals surface area contributed by atoms with Gasteiger partial charge in [-0.15, -0.1) is 9.48 Å². The van der Waals surface area contributed by atoms with Crippen LogP contribution in [-0.2, 0) is 53.3 Å². The van der Waals surface area contributed by atoms with E-state index >= 15 is 0 Å². The van der Waals surface area contributed by atoms with Gasteiger partial charge in [0.1, 0.15) is 20.6 Å². The number of carbonyl (C=O) groups excluding carboxylic acids is 4. The van der Waals surface area contributed by atoms with Gasteiger partial charge in [-0.05, 0) is 71.6 Å². The first-order valence-electron chi connectivity index (χ1n) is 24.4. The van der Waals surface area contributed by atoms with E-state index in [0.717, 1.165) is 40.8 Å². The number of amidine groups is 2. The van der Waals surface area contributed by atoms with Crippen LogP contribution < -0.4 is 20.4 Å². The smallest absolute Gasteiger partial charge is 0.869 e. The number of rotatable bonds is 6. The molecule has 96 heavy (non-hydrogen) atoms. The van der Waals surface area contributed by atoms with E-state index in [0.29, 0.717) is 11.1 Å². The van der Waals surface area contributed by atoms with Gasteiger partial charge >= 0.3 is 95.2 Å². The second kappa shape index (κ2) is 31.6. The molecular formula is C52H40Cu2F24N6O12. The summed E-state index contributed by atoms with van der Waals surface area (Å²) < 4.78 is 274. The van der Waals surface area contributed by atoms with Crippen LogP contribution in [-0.4, -0.2) is 135 Å². The number of benzene rings is 2. The number of fused-ring (bicyclic) bond motifs is 2. The van der Waals surface area contributed by atoms with Gasteiger partial charge in [-0.25, -0.2) is 0 Å². The molecular weight excluding hydrogens is 1480 g/mol. The molecule has 44 heteroatoms. The van der Waals surface area contributed by atoms with E-state index in [2.05, 4.69) is 9.97 Å². The summed E-state index contributed by atoms with van der Waals surface area (Å²) in [5.74, 6) is -22.3. The zero-order valence-electron chi connectivity index (χ0n) is 48.5. The quantitative estimate of drug-likeness (QED) is 0.0434. The van der Waals surface area contributed by atoms with Crippen molar-refractivity contribution in [2.24, 2.45) is 0 Å². The third-order valence-corrected chi connectivity index (χ3v) is 12.9. The number of nitroso groups, excluding NO2 is 2. The molecule has 0 aliphatic carbocycles. The summed E-state index contributed by atoms with van der Waals surface area (Å²) in [6.45, 7) is 14.3. The van der Waals surface area contributed by atoms with Gasteiger partial charge in [0.15, 0.2) is 0 Å². The van der Waals surface area contributed by atoms with E-state index in [1.165, 1.54) is 0 Å². The summed E-state index contributed by atoms with van der Waals surface area (Å²) in [6, 6.07) is 18.5. The minimum absolute atomic E-state index is 0. The molecule has 0 bridgehead atoms. The van der Waals surface area contributed by atoms with Gasteiger partial charge in [0, 0.05) is 88.4 Å². The Morgan fingerprint density at radius 2 is 0.552 bits per heavy atom. The third kappa shape index (κ3) is 22.9. The monoisotopic (exact) mass is 1520 g/mol. The summed E-state index contributed by atoms with van der Waals surface area (Å²) in [5.41, 5.74) is -0.446. The normalized spacial score (nSPS) is 16.7. The Bertz CT molecular complexity index is 3370. The number of alkyl halides is 24. The molecule has 0 unspecified atom stereocenters. The number of para-hydroxylation sites is 2. The maximum absolute atomic E-state index is 12.7. The Hall–Kier alpha value is -8.40. The minimum atomic E-state index is -5.46. The first kappa shape index (κ1) is 89.7. The van der Waals surface area contributed by atoms with Crippen LogP contribution in [0.1, 0.15) is 66.5 Å². The zero-order valence-corrected chi connectivity index (χ0v) is 50.4. The SMILES string of the molecule is CC1(C)[N+](=O)C(c2ccnc3ccccc23)=[N+]([O-])C1(C)C.CC1(C)[N+](=O)C(c2ccnc3ccccc23)=[N+]([O-])C1(C)C.O=C(/C=C(\[O-])C(F)(F)F)C(F)(F)F.O=C(/C=C(\[O-])C(F)(F)F)C(F)(F)F.O=C(/C=C(\[O-])C(F)(F)F)C(F)(F)F.O=C(/C=C(\[O-])C(F)(F)F)C(F)(F)F.[Cu+].[Cu+]. The molecule has 540 valence electrons. The van der Waals surface area contributed by atoms with Crippen molar-refractivity contribution in [2.45, 2.75) is 127 Å². The third-order valence-electron chi connectivity index (χ3n) is 12.9. The predicted octanol–water partition coefficient (Wildman–Crippen LogP) is 9.37. The van der Waals surface area contributed by atoms with Crippen LogP contribution in [0, 0.1) is 20.2 Å². The number of hydrogen-bond donors (Lipinski definition) is 0. The number of aromatic nitrogens is 2. The standard InChI is InChI=1S/2C16H18N3O2.4C5H2F6O2.2Cu/c2*1-15(2)16(3,4)19(21)14(18(15)20)12-9-10-17-13-8-6-5-7-11(12)13;4*6-4(7,8)2(12)1-3(13)5(9,10)11;;/h2*5-10H,1-4H3;4*1,12H;;/q2*+1;;;;;2*+1/p-4/b;;4*2-1-;;. The van der Waals surface area contributed by atoms with E-state index in [9.17, 15) is 165 Å². The van der Waals surface area contributed by atoms with Crippen molar-refractivity contribution in [1.29, 1.82) is 0 Å². The van der Waals surface area contributed by atoms with Gasteiger partial charge < -0.3 is 30.8 Å². The molecule has 2 aliphatic rings. The van der Waals surface area contributed by atoms with Gasteiger partial charge in [0.25, 0.3) is 34.2 Å². The summed E-state index contributed by atoms with van der Waals surface area (Å²) in [5, 5.41) is 66.3. The molecule has 0 spiro atoms. The number of hydrogen-bond acceptors (Lipinski definition) is 14. The van der Waals surface area contributed by atoms with Gasteiger partial charge in [-0.1, -0.05) is 36.4 Å². The Morgan fingerprint density at radius 3 is 0.719 bits per heavy atom. The van der Waals surface area contributed by atoms with Gasteiger partial charge in [-0.3, -0.25) is 29.1 Å². The molecule has 2 aromatic heterocycles. The van der Waals surface area contributed by atoms with Crippen LogP contribution >= 0.6 is 0 Å². The van der Waals surface area contributed by atoms with Crippen LogP contribution in [0.5, 0.6) is 0 Å². The summed E-state index contributed by atoms with van der Waals surface area (Å²) >= 11 is 0. The fraction of sp³-hybridized carbons (Fsp3) is 0.385. The second-order valence-electron chi connectivity index (χ2n) is 20.3. The van der Waals surface area contributed by atoms with Crippen LogP contribution in [0.4, 0.5) is 105 Å². The van der Waals surface area contributed by atoms with E-state index < -0.39 is 142 Å². The fourth-order valence-electron chi connectivity index (χ4n) is 6.37. The van der Waals surface area contributed by atoms with Crippen molar-refractivity contribution in [2.75, 3.05) is 0 Å². The molecule has 18 nitrogen and oxygen atoms in total. The molecule has 6 rings (SSSR count). The number of ketones is 4. The first-order chi connectivity index (χ1) is 41.8. The van der Waals surface area contributed by atoms with E-state index in [-0.39, 0.29) is 45.8 Å². The number of pyridine rings is 2. The summed E-state index contributed by atoms with van der Waals surface area (Å²) in [4.78, 5) is 73.3. The van der Waals surface area contributed by atoms with Gasteiger partial charge in [-0.2, -0.15) is 105 Å². The van der Waals surface area contributed by atoms with Gasteiger partial charge in [0.05, 0.1) is 11.0 Å². The number of hydroxylamine groups is 2. The number of nitrogens with zero attached hydrogens (tertiary/aromatic N) is 6. The van der Waals surface area contributed by atoms with Crippen LogP contribution in [0.15, 0.2) is 120 Å². The maximum Gasteiger partial charge on any atom is 1.00 e. The Morgan fingerprint density at radius 1 is 0.354 bits per heavy atom. The maximum atomic E-state index is 12.7. The number of allylic oxidation sites excluding steroid dienone is 8. The van der Waals surface area contributed by atoms with Crippen molar-refractivity contribution in [3.63, 3.8) is 0 Å². The Labute approximate surface area is 541 Å². The topological polar surface area (TPSA) is 279 Å². The summed E-state index contributed by atoms with van der Waals surface area (Å²) in [6.07, 6.45) is -44.5. The van der Waals surface area contributed by atoms with E-state index in [4.69, 9.17) is 0 Å². The fourth-order valence-corrected chi connectivity index (χ4v) is 6.37. The minimum Gasteiger partial charge on any atom is -0.869 e. The molecule has 0 N–H and O–H groups in total. The average molecular weight is 1520 g/mol. The van der Waals surface area contributed by atoms with Crippen molar-refractivity contribution in [1.82, 2.24) is 9.97 Å². The van der Waals surface area contributed by atoms with Crippen molar-refractivity contribution in [3.8, 4) is 0 Å². The van der Waals surface area contributed by atoms with E-state index in [1.54, 1.807) is 79.9 Å². The average Bonchev–Trinajstić information content (AvgIpc) is 1.58. The molecule has 0 saturated carbocycles. The Balaban J connectivity index is 0.